The number of hydrogen-bond donors (Lipinski definition) is 4. The van der Waals surface area contributed by atoms with Gasteiger partial charge in [-0.15, -0.1) is 23.5 Å². The van der Waals surface area contributed by atoms with Crippen LogP contribution in [-0.2, 0) is 14.4 Å². The highest BCUT2D eigenvalue weighted by Gasteiger charge is 2.50. The lowest BCUT2D eigenvalue weighted by atomic mass is 10.1. The molecule has 1 atom stereocenters. The van der Waals surface area contributed by atoms with Crippen molar-refractivity contribution in [2.24, 2.45) is 5.73 Å². The number of hydrogen-bond acceptors (Lipinski definition) is 7. The Labute approximate surface area is 168 Å². The van der Waals surface area contributed by atoms with Gasteiger partial charge in [0, 0.05) is 43.9 Å². The number of thioether (sulfide) groups is 2. The van der Waals surface area contributed by atoms with Crippen LogP contribution in [0.15, 0.2) is 0 Å². The molecule has 2 aliphatic rings. The maximum Gasteiger partial charge on any atom is 0.243 e. The minimum atomic E-state index is -0.409. The number of carbonyl (C=O) groups is 3. The van der Waals surface area contributed by atoms with E-state index in [0.29, 0.717) is 45.3 Å². The molecule has 0 unspecified atom stereocenters. The van der Waals surface area contributed by atoms with Crippen LogP contribution in [-0.4, -0.2) is 69.1 Å². The lowest BCUT2D eigenvalue weighted by Crippen LogP contribution is -2.46. The zero-order valence-electron chi connectivity index (χ0n) is 15.6. The van der Waals surface area contributed by atoms with E-state index in [0.717, 1.165) is 24.3 Å². The number of rotatable bonds is 10. The quantitative estimate of drug-likeness (QED) is 0.234. The number of nitrogens with zero attached hydrogens (tertiary/aromatic N) is 1. The van der Waals surface area contributed by atoms with E-state index in [1.54, 1.807) is 10.4 Å². The SMILES string of the molecule is NCCCC(=O)N1CC2(C[C@H]1C(=O)NCCCCCC(=O)NO)SCCS2. The number of nitrogens with one attached hydrogen (secondary N) is 2. The highest BCUT2D eigenvalue weighted by Crippen LogP contribution is 2.51. The smallest absolute Gasteiger partial charge is 0.243 e. The van der Waals surface area contributed by atoms with Gasteiger partial charge in [0.1, 0.15) is 6.04 Å². The van der Waals surface area contributed by atoms with E-state index in [-0.39, 0.29) is 22.3 Å². The first-order valence-corrected chi connectivity index (χ1v) is 11.5. The Morgan fingerprint density at radius 1 is 1.11 bits per heavy atom. The third-order valence-electron chi connectivity index (χ3n) is 4.83. The van der Waals surface area contributed by atoms with Gasteiger partial charge in [-0.05, 0) is 25.8 Å². The van der Waals surface area contributed by atoms with Crippen molar-refractivity contribution in [1.29, 1.82) is 0 Å². The molecule has 0 aromatic carbocycles. The summed E-state index contributed by atoms with van der Waals surface area (Å²) in [4.78, 5) is 38.0. The fourth-order valence-corrected chi connectivity index (χ4v) is 6.67. The summed E-state index contributed by atoms with van der Waals surface area (Å²) in [6, 6.07) is -0.409. The summed E-state index contributed by atoms with van der Waals surface area (Å²) in [6.45, 7) is 1.62. The fourth-order valence-electron chi connectivity index (χ4n) is 3.41. The van der Waals surface area contributed by atoms with Crippen LogP contribution in [0.25, 0.3) is 0 Å². The van der Waals surface area contributed by atoms with Gasteiger partial charge >= 0.3 is 0 Å². The van der Waals surface area contributed by atoms with Crippen molar-refractivity contribution in [1.82, 2.24) is 15.7 Å². The van der Waals surface area contributed by atoms with Crippen LogP contribution < -0.4 is 16.5 Å². The average molecular weight is 419 g/mol. The van der Waals surface area contributed by atoms with Crippen molar-refractivity contribution in [3.05, 3.63) is 0 Å². The van der Waals surface area contributed by atoms with Gasteiger partial charge in [0.25, 0.3) is 0 Å². The largest absolute Gasteiger partial charge is 0.354 e. The average Bonchev–Trinajstić information content (AvgIpc) is 3.29. The molecule has 1 spiro atoms. The van der Waals surface area contributed by atoms with Gasteiger partial charge < -0.3 is 16.0 Å². The fraction of sp³-hybridized carbons (Fsp3) is 0.824. The Hall–Kier alpha value is -0.970. The Morgan fingerprint density at radius 3 is 2.52 bits per heavy atom. The molecule has 2 fully saturated rings. The summed E-state index contributed by atoms with van der Waals surface area (Å²) in [6.07, 6.45) is 4.19. The zero-order chi connectivity index (χ0) is 19.7. The van der Waals surface area contributed by atoms with E-state index < -0.39 is 11.9 Å². The summed E-state index contributed by atoms with van der Waals surface area (Å²) < 4.78 is -0.0436. The molecule has 154 valence electrons. The second-order valence-corrected chi connectivity index (χ2v) is 10.1. The molecule has 0 aromatic heterocycles. The van der Waals surface area contributed by atoms with Crippen LogP contribution in [0.1, 0.15) is 44.9 Å². The van der Waals surface area contributed by atoms with Crippen molar-refractivity contribution < 1.29 is 19.6 Å². The zero-order valence-corrected chi connectivity index (χ0v) is 17.2. The van der Waals surface area contributed by atoms with Crippen molar-refractivity contribution in [2.45, 2.75) is 55.1 Å². The van der Waals surface area contributed by atoms with E-state index in [1.807, 2.05) is 23.5 Å². The lowest BCUT2D eigenvalue weighted by Gasteiger charge is -2.24. The Bertz CT molecular complexity index is 529. The minimum absolute atomic E-state index is 0.0144. The third-order valence-corrected chi connectivity index (χ3v) is 8.25. The molecular formula is C17H30N4O4S2. The summed E-state index contributed by atoms with van der Waals surface area (Å²) in [5, 5.41) is 11.4. The molecule has 2 rings (SSSR count). The molecule has 0 bridgehead atoms. The van der Waals surface area contributed by atoms with Crippen molar-refractivity contribution in [3.8, 4) is 0 Å². The van der Waals surface area contributed by atoms with Crippen molar-refractivity contribution >= 4 is 41.2 Å². The van der Waals surface area contributed by atoms with Gasteiger partial charge in [-0.1, -0.05) is 6.42 Å². The van der Waals surface area contributed by atoms with Gasteiger partial charge in [-0.3, -0.25) is 19.6 Å². The van der Waals surface area contributed by atoms with Crippen LogP contribution in [0.5, 0.6) is 0 Å². The maximum atomic E-state index is 12.7. The molecule has 0 aromatic rings. The van der Waals surface area contributed by atoms with Crippen molar-refractivity contribution in [2.75, 3.05) is 31.1 Å². The third kappa shape index (κ3) is 6.55. The van der Waals surface area contributed by atoms with Crippen LogP contribution >= 0.6 is 23.5 Å². The first-order valence-electron chi connectivity index (χ1n) is 9.49. The van der Waals surface area contributed by atoms with E-state index in [9.17, 15) is 14.4 Å². The van der Waals surface area contributed by atoms with Gasteiger partial charge in [0.05, 0.1) is 4.08 Å². The van der Waals surface area contributed by atoms with Crippen LogP contribution in [0.4, 0.5) is 0 Å². The molecule has 2 heterocycles. The molecule has 0 saturated carbocycles. The molecular weight excluding hydrogens is 388 g/mol. The second-order valence-electron chi connectivity index (χ2n) is 6.88. The van der Waals surface area contributed by atoms with Crippen LogP contribution in [0.2, 0.25) is 0 Å². The van der Waals surface area contributed by atoms with E-state index in [4.69, 9.17) is 10.9 Å². The van der Waals surface area contributed by atoms with Gasteiger partial charge in [-0.25, -0.2) is 5.48 Å². The lowest BCUT2D eigenvalue weighted by molar-refractivity contribution is -0.138. The topological polar surface area (TPSA) is 125 Å². The number of likely N-dealkylation sites (tertiary alicyclic amines) is 1. The highest BCUT2D eigenvalue weighted by molar-refractivity contribution is 8.21. The number of carbonyl (C=O) groups excluding carboxylic acids is 3. The molecule has 0 aliphatic carbocycles. The monoisotopic (exact) mass is 418 g/mol. The summed E-state index contributed by atoms with van der Waals surface area (Å²) in [5.74, 6) is 1.65. The summed E-state index contributed by atoms with van der Waals surface area (Å²) in [7, 11) is 0. The molecule has 10 heteroatoms. The number of amides is 3. The van der Waals surface area contributed by atoms with Crippen LogP contribution in [0, 0.1) is 0 Å². The van der Waals surface area contributed by atoms with Gasteiger partial charge in [0.2, 0.25) is 17.7 Å². The molecule has 8 nitrogen and oxygen atoms in total. The molecule has 27 heavy (non-hydrogen) atoms. The number of unbranched alkanes of at least 4 members (excludes halogenated alkanes) is 2. The van der Waals surface area contributed by atoms with E-state index >= 15 is 0 Å². The Kier molecular flexibility index (Phi) is 9.20. The van der Waals surface area contributed by atoms with Crippen LogP contribution in [0.3, 0.4) is 0 Å². The standard InChI is InChI=1S/C17H30N4O4S2/c18-7-4-6-15(23)21-12-17(26-9-10-27-17)11-13(21)16(24)19-8-3-1-2-5-14(22)20-25/h13,25H,1-12,18H2,(H,19,24)(H,20,22)/t13-/m0/s1. The molecule has 3 amide bonds. The van der Waals surface area contributed by atoms with Gasteiger partial charge in [0.15, 0.2) is 0 Å². The second kappa shape index (κ2) is 11.1. The normalized spacial score (nSPS) is 20.8. The number of nitrogens with two attached hydrogens (primary N) is 1. The predicted octanol–water partition coefficient (Wildman–Crippen LogP) is 0.685. The van der Waals surface area contributed by atoms with E-state index in [1.165, 1.54) is 0 Å². The molecule has 2 aliphatic heterocycles. The molecule has 5 N–H and O–H groups in total. The molecule has 0 radical (unpaired) electrons. The Balaban J connectivity index is 1.81. The summed E-state index contributed by atoms with van der Waals surface area (Å²) >= 11 is 3.73. The van der Waals surface area contributed by atoms with E-state index in [2.05, 4.69) is 5.32 Å². The first-order chi connectivity index (χ1) is 13.0. The first kappa shape index (κ1) is 22.3. The number of hydroxylamine groups is 1. The Morgan fingerprint density at radius 2 is 1.85 bits per heavy atom. The summed E-state index contributed by atoms with van der Waals surface area (Å²) in [5.41, 5.74) is 7.13. The predicted molar refractivity (Wildman–Crippen MR) is 107 cm³/mol. The maximum absolute atomic E-state index is 12.7. The van der Waals surface area contributed by atoms with Crippen molar-refractivity contribution in [3.63, 3.8) is 0 Å². The molecule has 2 saturated heterocycles. The van der Waals surface area contributed by atoms with Gasteiger partial charge in [-0.2, -0.15) is 0 Å². The minimum Gasteiger partial charge on any atom is -0.354 e. The highest BCUT2D eigenvalue weighted by atomic mass is 32.2.